The maximum atomic E-state index is 9.20. The van der Waals surface area contributed by atoms with Gasteiger partial charge in [0.15, 0.2) is 6.29 Å². The largest absolute Gasteiger partial charge is 0.508 e. The van der Waals surface area contributed by atoms with Gasteiger partial charge in [0.1, 0.15) is 5.75 Å². The Bertz CT molecular complexity index is 433. The number of hydrogen-bond donors (Lipinski definition) is 6. The van der Waals surface area contributed by atoms with Crippen molar-refractivity contribution in [2.24, 2.45) is 15.9 Å². The van der Waals surface area contributed by atoms with Crippen LogP contribution in [0.1, 0.15) is 5.56 Å². The number of hydrogen-bond acceptors (Lipinski definition) is 6. The number of guanidine groups is 1. The summed E-state index contributed by atoms with van der Waals surface area (Å²) >= 11 is 0. The molecular formula is C10H15N5O3. The third-order valence-corrected chi connectivity index (χ3v) is 1.74. The zero-order chi connectivity index (χ0) is 13.4. The SMILES string of the molecule is N/C(=N/N=Cc1cccc(O)c1)NNCC(O)O. The van der Waals surface area contributed by atoms with E-state index < -0.39 is 6.29 Å². The van der Waals surface area contributed by atoms with Gasteiger partial charge < -0.3 is 21.1 Å². The zero-order valence-electron chi connectivity index (χ0n) is 9.48. The summed E-state index contributed by atoms with van der Waals surface area (Å²) < 4.78 is 0. The number of phenols is 1. The molecule has 0 spiro atoms. The molecule has 7 N–H and O–H groups in total. The van der Waals surface area contributed by atoms with Gasteiger partial charge in [-0.1, -0.05) is 12.1 Å². The molecule has 0 saturated carbocycles. The summed E-state index contributed by atoms with van der Waals surface area (Å²) in [7, 11) is 0. The van der Waals surface area contributed by atoms with Gasteiger partial charge in [-0.05, 0) is 17.7 Å². The van der Waals surface area contributed by atoms with Crippen LogP contribution in [0.2, 0.25) is 0 Å². The van der Waals surface area contributed by atoms with Gasteiger partial charge in [0.2, 0.25) is 5.96 Å². The van der Waals surface area contributed by atoms with Crippen molar-refractivity contribution in [2.45, 2.75) is 6.29 Å². The van der Waals surface area contributed by atoms with Crippen molar-refractivity contribution in [3.63, 3.8) is 0 Å². The van der Waals surface area contributed by atoms with Gasteiger partial charge in [-0.15, -0.1) is 5.10 Å². The van der Waals surface area contributed by atoms with Gasteiger partial charge in [0.05, 0.1) is 12.8 Å². The summed E-state index contributed by atoms with van der Waals surface area (Å²) in [5.74, 6) is 0.0969. The minimum absolute atomic E-state index is 0.0351. The molecule has 0 amide bonds. The molecule has 0 unspecified atom stereocenters. The van der Waals surface area contributed by atoms with Crippen molar-refractivity contribution in [1.82, 2.24) is 10.9 Å². The van der Waals surface area contributed by atoms with Gasteiger partial charge >= 0.3 is 0 Å². The Balaban J connectivity index is 2.42. The molecule has 18 heavy (non-hydrogen) atoms. The Labute approximate surface area is 103 Å². The van der Waals surface area contributed by atoms with E-state index in [0.29, 0.717) is 5.56 Å². The van der Waals surface area contributed by atoms with E-state index in [2.05, 4.69) is 21.1 Å². The zero-order valence-corrected chi connectivity index (χ0v) is 9.48. The number of rotatable bonds is 5. The fraction of sp³-hybridized carbons (Fsp3) is 0.200. The number of phenolic OH excluding ortho intramolecular Hbond substituents is 1. The molecule has 0 aliphatic carbocycles. The van der Waals surface area contributed by atoms with Crippen LogP contribution in [0.25, 0.3) is 0 Å². The van der Waals surface area contributed by atoms with Gasteiger partial charge in [0.25, 0.3) is 0 Å². The third kappa shape index (κ3) is 5.80. The highest BCUT2D eigenvalue weighted by Gasteiger charge is 1.95. The van der Waals surface area contributed by atoms with E-state index in [1.54, 1.807) is 18.2 Å². The second-order valence-corrected chi connectivity index (χ2v) is 3.31. The molecule has 98 valence electrons. The third-order valence-electron chi connectivity index (χ3n) is 1.74. The number of aliphatic hydroxyl groups excluding tert-OH is 1. The summed E-state index contributed by atoms with van der Waals surface area (Å²) in [6.07, 6.45) is -0.0732. The first-order valence-corrected chi connectivity index (χ1v) is 5.08. The van der Waals surface area contributed by atoms with E-state index in [9.17, 15) is 5.11 Å². The lowest BCUT2D eigenvalue weighted by Gasteiger charge is -2.06. The van der Waals surface area contributed by atoms with Crippen LogP contribution in [0, 0.1) is 0 Å². The Morgan fingerprint density at radius 1 is 1.44 bits per heavy atom. The highest BCUT2D eigenvalue weighted by molar-refractivity contribution is 5.82. The minimum Gasteiger partial charge on any atom is -0.508 e. The van der Waals surface area contributed by atoms with E-state index in [-0.39, 0.29) is 18.3 Å². The molecule has 8 heteroatoms. The Morgan fingerprint density at radius 2 is 2.22 bits per heavy atom. The summed E-state index contributed by atoms with van der Waals surface area (Å²) in [4.78, 5) is 0. The number of aliphatic hydroxyl groups is 2. The smallest absolute Gasteiger partial charge is 0.228 e. The standard InChI is InChI=1S/C10H15N5O3/c11-10(15-13-6-9(17)18)14-12-5-7-2-1-3-8(16)4-7/h1-5,9,13,16-18H,6H2,(H3,11,14,15). The fourth-order valence-electron chi connectivity index (χ4n) is 1.02. The van der Waals surface area contributed by atoms with E-state index in [0.717, 1.165) is 0 Å². The molecule has 0 heterocycles. The number of aromatic hydroxyl groups is 1. The van der Waals surface area contributed by atoms with E-state index in [1.165, 1.54) is 12.3 Å². The van der Waals surface area contributed by atoms with Crippen molar-refractivity contribution in [2.75, 3.05) is 6.54 Å². The Kier molecular flexibility index (Phi) is 5.58. The molecule has 0 atom stereocenters. The normalized spacial score (nSPS) is 12.3. The first kappa shape index (κ1) is 13.9. The molecule has 0 aromatic heterocycles. The van der Waals surface area contributed by atoms with Crippen LogP contribution in [-0.4, -0.2) is 40.3 Å². The molecule has 0 fully saturated rings. The van der Waals surface area contributed by atoms with Crippen LogP contribution in [0.3, 0.4) is 0 Å². The van der Waals surface area contributed by atoms with E-state index >= 15 is 0 Å². The summed E-state index contributed by atoms with van der Waals surface area (Å²) in [5, 5.41) is 33.5. The number of nitrogens with one attached hydrogen (secondary N) is 2. The monoisotopic (exact) mass is 253 g/mol. The number of hydrazine groups is 1. The quantitative estimate of drug-likeness (QED) is 0.163. The van der Waals surface area contributed by atoms with Crippen LogP contribution in [0.15, 0.2) is 34.5 Å². The van der Waals surface area contributed by atoms with Gasteiger partial charge in [-0.3, -0.25) is 5.43 Å². The molecule has 1 rings (SSSR count). The summed E-state index contributed by atoms with van der Waals surface area (Å²) in [6.45, 7) is -0.105. The maximum Gasteiger partial charge on any atom is 0.228 e. The van der Waals surface area contributed by atoms with E-state index in [4.69, 9.17) is 15.9 Å². The predicted molar refractivity (Wildman–Crippen MR) is 66.7 cm³/mol. The van der Waals surface area contributed by atoms with Crippen molar-refractivity contribution in [3.05, 3.63) is 29.8 Å². The van der Waals surface area contributed by atoms with Crippen LogP contribution in [0.4, 0.5) is 0 Å². The average Bonchev–Trinajstić information content (AvgIpc) is 2.28. The minimum atomic E-state index is -1.49. The average molecular weight is 253 g/mol. The highest BCUT2D eigenvalue weighted by atomic mass is 16.5. The summed E-state index contributed by atoms with van der Waals surface area (Å²) in [5.41, 5.74) is 10.9. The second kappa shape index (κ2) is 7.22. The highest BCUT2D eigenvalue weighted by Crippen LogP contribution is 2.08. The van der Waals surface area contributed by atoms with E-state index in [1.807, 2.05) is 0 Å². The maximum absolute atomic E-state index is 9.20. The fourth-order valence-corrected chi connectivity index (χ4v) is 1.02. The molecule has 0 aliphatic rings. The van der Waals surface area contributed by atoms with Gasteiger partial charge in [-0.2, -0.15) is 5.10 Å². The second-order valence-electron chi connectivity index (χ2n) is 3.31. The van der Waals surface area contributed by atoms with Gasteiger partial charge in [0, 0.05) is 0 Å². The lowest BCUT2D eigenvalue weighted by atomic mass is 10.2. The molecule has 0 bridgehead atoms. The lowest BCUT2D eigenvalue weighted by Crippen LogP contribution is -2.45. The number of benzene rings is 1. The molecule has 0 radical (unpaired) electrons. The Hall–Kier alpha value is -2.16. The van der Waals surface area contributed by atoms with Crippen LogP contribution >= 0.6 is 0 Å². The number of nitrogens with two attached hydrogens (primary N) is 1. The number of nitrogens with zero attached hydrogens (tertiary/aromatic N) is 2. The van der Waals surface area contributed by atoms with Crippen molar-refractivity contribution in [3.8, 4) is 5.75 Å². The topological polar surface area (TPSA) is 135 Å². The molecule has 0 aliphatic heterocycles. The van der Waals surface area contributed by atoms with Crippen LogP contribution < -0.4 is 16.6 Å². The molecule has 1 aromatic rings. The van der Waals surface area contributed by atoms with Crippen molar-refractivity contribution < 1.29 is 15.3 Å². The first-order valence-electron chi connectivity index (χ1n) is 5.08. The van der Waals surface area contributed by atoms with Gasteiger partial charge in [-0.25, -0.2) is 5.43 Å². The lowest BCUT2D eigenvalue weighted by molar-refractivity contribution is -0.0382. The first-order chi connectivity index (χ1) is 8.58. The van der Waals surface area contributed by atoms with Crippen LogP contribution in [-0.2, 0) is 0 Å². The Morgan fingerprint density at radius 3 is 2.89 bits per heavy atom. The molecule has 8 nitrogen and oxygen atoms in total. The molecule has 0 saturated heterocycles. The van der Waals surface area contributed by atoms with Crippen LogP contribution in [0.5, 0.6) is 5.75 Å². The molecule has 1 aromatic carbocycles. The van der Waals surface area contributed by atoms with Crippen molar-refractivity contribution >= 4 is 12.2 Å². The summed E-state index contributed by atoms with van der Waals surface area (Å²) in [6, 6.07) is 6.47. The van der Waals surface area contributed by atoms with Crippen molar-refractivity contribution in [1.29, 1.82) is 0 Å². The predicted octanol–water partition coefficient (Wildman–Crippen LogP) is -1.55. The molecular weight excluding hydrogens is 238 g/mol.